The maximum Gasteiger partial charge on any atom is 0.253 e. The van der Waals surface area contributed by atoms with Crippen molar-refractivity contribution in [2.75, 3.05) is 6.61 Å². The van der Waals surface area contributed by atoms with Gasteiger partial charge in [0.2, 0.25) is 0 Å². The number of nitrogens with zero attached hydrogens (tertiary/aromatic N) is 3. The normalized spacial score (nSPS) is 10.1. The summed E-state index contributed by atoms with van der Waals surface area (Å²) in [7, 11) is 0. The van der Waals surface area contributed by atoms with Crippen LogP contribution in [0, 0.1) is 25.2 Å². The summed E-state index contributed by atoms with van der Waals surface area (Å²) in [6, 6.07) is 10.5. The monoisotopic (exact) mass is 269 g/mol. The summed E-state index contributed by atoms with van der Waals surface area (Å²) < 4.78 is 7.12. The Balaban J connectivity index is 2.03. The summed E-state index contributed by atoms with van der Waals surface area (Å²) in [5.74, 6) is 1.29. The summed E-state index contributed by atoms with van der Waals surface area (Å²) in [5, 5.41) is 8.80. The lowest BCUT2D eigenvalue weighted by molar-refractivity contribution is 0.294. The molecular weight excluding hydrogens is 254 g/mol. The number of rotatable bonds is 4. The first-order valence-electron chi connectivity index (χ1n) is 6.28. The molecule has 2 rings (SSSR count). The predicted molar refractivity (Wildman–Crippen MR) is 74.6 cm³/mol. The van der Waals surface area contributed by atoms with E-state index in [1.54, 1.807) is 42.7 Å². The molecule has 102 valence electrons. The second kappa shape index (κ2) is 6.02. The van der Waals surface area contributed by atoms with Crippen molar-refractivity contribution in [1.29, 1.82) is 5.26 Å². The van der Waals surface area contributed by atoms with Gasteiger partial charge < -0.3 is 4.74 Å². The van der Waals surface area contributed by atoms with Crippen LogP contribution >= 0.6 is 0 Å². The quantitative estimate of drug-likeness (QED) is 0.849. The van der Waals surface area contributed by atoms with Gasteiger partial charge in [-0.1, -0.05) is 6.07 Å². The van der Waals surface area contributed by atoms with Gasteiger partial charge in [-0.3, -0.25) is 9.36 Å². The van der Waals surface area contributed by atoms with Crippen LogP contribution in [-0.2, 0) is 6.54 Å². The second-order valence-electron chi connectivity index (χ2n) is 4.42. The number of hydrogen-bond donors (Lipinski definition) is 0. The Labute approximate surface area is 117 Å². The predicted octanol–water partition coefficient (Wildman–Crippen LogP) is 1.81. The highest BCUT2D eigenvalue weighted by Crippen LogP contribution is 2.12. The molecule has 0 aliphatic heterocycles. The van der Waals surface area contributed by atoms with Crippen LogP contribution in [0.4, 0.5) is 0 Å². The van der Waals surface area contributed by atoms with Crippen molar-refractivity contribution in [2.45, 2.75) is 20.4 Å². The Morgan fingerprint density at radius 1 is 1.35 bits per heavy atom. The highest BCUT2D eigenvalue weighted by molar-refractivity contribution is 5.36. The third-order valence-electron chi connectivity index (χ3n) is 2.87. The van der Waals surface area contributed by atoms with Crippen molar-refractivity contribution in [2.24, 2.45) is 0 Å². The molecule has 0 atom stereocenters. The summed E-state index contributed by atoms with van der Waals surface area (Å²) in [5.41, 5.74) is 1.18. The number of benzene rings is 1. The lowest BCUT2D eigenvalue weighted by atomic mass is 10.2. The molecule has 5 nitrogen and oxygen atoms in total. The Morgan fingerprint density at radius 3 is 2.85 bits per heavy atom. The molecule has 20 heavy (non-hydrogen) atoms. The zero-order chi connectivity index (χ0) is 14.5. The third-order valence-corrected chi connectivity index (χ3v) is 2.87. The average Bonchev–Trinajstić information content (AvgIpc) is 2.42. The Kier molecular flexibility index (Phi) is 4.16. The first-order valence-corrected chi connectivity index (χ1v) is 6.28. The standard InChI is InChI=1S/C15H15N3O2/c1-11-8-15(19)18(12(2)17-11)6-7-20-14-5-3-4-13(9-14)10-16/h3-5,8-9H,6-7H2,1-2H3. The summed E-state index contributed by atoms with van der Waals surface area (Å²) in [6.45, 7) is 4.36. The SMILES string of the molecule is Cc1cc(=O)n(CCOc2cccc(C#N)c2)c(C)n1. The highest BCUT2D eigenvalue weighted by Gasteiger charge is 2.03. The van der Waals surface area contributed by atoms with Crippen LogP contribution in [0.5, 0.6) is 5.75 Å². The molecule has 0 fully saturated rings. The largest absolute Gasteiger partial charge is 0.492 e. The average molecular weight is 269 g/mol. The molecule has 0 saturated heterocycles. The number of aryl methyl sites for hydroxylation is 2. The van der Waals surface area contributed by atoms with Crippen molar-refractivity contribution in [3.63, 3.8) is 0 Å². The van der Waals surface area contributed by atoms with E-state index >= 15 is 0 Å². The number of aromatic nitrogens is 2. The van der Waals surface area contributed by atoms with Crippen molar-refractivity contribution in [3.05, 3.63) is 57.8 Å². The van der Waals surface area contributed by atoms with Gasteiger partial charge in [0.15, 0.2) is 0 Å². The van der Waals surface area contributed by atoms with Gasteiger partial charge in [-0.05, 0) is 32.0 Å². The van der Waals surface area contributed by atoms with Crippen LogP contribution in [0.2, 0.25) is 0 Å². The van der Waals surface area contributed by atoms with Gasteiger partial charge in [0.1, 0.15) is 18.2 Å². The second-order valence-corrected chi connectivity index (χ2v) is 4.42. The van der Waals surface area contributed by atoms with Crippen LogP contribution in [-0.4, -0.2) is 16.2 Å². The van der Waals surface area contributed by atoms with Crippen LogP contribution in [0.25, 0.3) is 0 Å². The van der Waals surface area contributed by atoms with E-state index in [1.807, 2.05) is 0 Å². The van der Waals surface area contributed by atoms with Gasteiger partial charge in [-0.25, -0.2) is 4.98 Å². The maximum absolute atomic E-state index is 11.8. The van der Waals surface area contributed by atoms with Gasteiger partial charge in [0.25, 0.3) is 5.56 Å². The minimum Gasteiger partial charge on any atom is -0.492 e. The Morgan fingerprint density at radius 2 is 2.15 bits per heavy atom. The summed E-state index contributed by atoms with van der Waals surface area (Å²) in [6.07, 6.45) is 0. The van der Waals surface area contributed by atoms with E-state index in [0.29, 0.717) is 36.0 Å². The molecule has 0 unspecified atom stereocenters. The molecular formula is C15H15N3O2. The lowest BCUT2D eigenvalue weighted by Gasteiger charge is -2.11. The molecule has 5 heteroatoms. The first kappa shape index (κ1) is 13.8. The topological polar surface area (TPSA) is 67.9 Å². The number of nitriles is 1. The molecule has 0 bridgehead atoms. The van der Waals surface area contributed by atoms with Crippen molar-refractivity contribution >= 4 is 0 Å². The van der Waals surface area contributed by atoms with Crippen molar-refractivity contribution in [1.82, 2.24) is 9.55 Å². The fraction of sp³-hybridized carbons (Fsp3) is 0.267. The number of hydrogen-bond acceptors (Lipinski definition) is 4. The van der Waals surface area contributed by atoms with Crippen LogP contribution in [0.1, 0.15) is 17.1 Å². The zero-order valence-electron chi connectivity index (χ0n) is 11.5. The van der Waals surface area contributed by atoms with E-state index in [1.165, 1.54) is 6.07 Å². The molecule has 2 aromatic rings. The molecule has 1 heterocycles. The molecule has 0 aliphatic carbocycles. The zero-order valence-corrected chi connectivity index (χ0v) is 11.5. The van der Waals surface area contributed by atoms with E-state index in [0.717, 1.165) is 0 Å². The van der Waals surface area contributed by atoms with E-state index in [9.17, 15) is 4.79 Å². The smallest absolute Gasteiger partial charge is 0.253 e. The van der Waals surface area contributed by atoms with Gasteiger partial charge in [-0.15, -0.1) is 0 Å². The fourth-order valence-corrected chi connectivity index (χ4v) is 1.95. The molecule has 0 spiro atoms. The minimum absolute atomic E-state index is 0.0793. The van der Waals surface area contributed by atoms with E-state index in [-0.39, 0.29) is 5.56 Å². The molecule has 0 N–H and O–H groups in total. The minimum atomic E-state index is -0.0793. The van der Waals surface area contributed by atoms with Gasteiger partial charge in [0, 0.05) is 11.8 Å². The van der Waals surface area contributed by atoms with Crippen LogP contribution < -0.4 is 10.3 Å². The Bertz CT molecular complexity index is 714. The van der Waals surface area contributed by atoms with Gasteiger partial charge in [-0.2, -0.15) is 5.26 Å². The number of ether oxygens (including phenoxy) is 1. The summed E-state index contributed by atoms with van der Waals surface area (Å²) in [4.78, 5) is 16.1. The third kappa shape index (κ3) is 3.23. The van der Waals surface area contributed by atoms with Crippen LogP contribution in [0.15, 0.2) is 35.1 Å². The molecule has 1 aromatic heterocycles. The molecule has 0 radical (unpaired) electrons. The van der Waals surface area contributed by atoms with Crippen LogP contribution in [0.3, 0.4) is 0 Å². The fourth-order valence-electron chi connectivity index (χ4n) is 1.95. The molecule has 0 aliphatic rings. The molecule has 0 saturated carbocycles. The maximum atomic E-state index is 11.8. The highest BCUT2D eigenvalue weighted by atomic mass is 16.5. The van der Waals surface area contributed by atoms with E-state index in [4.69, 9.17) is 10.00 Å². The van der Waals surface area contributed by atoms with Crippen molar-refractivity contribution in [3.8, 4) is 11.8 Å². The first-order chi connectivity index (χ1) is 9.60. The van der Waals surface area contributed by atoms with Crippen molar-refractivity contribution < 1.29 is 4.74 Å². The molecule has 0 amide bonds. The van der Waals surface area contributed by atoms with Gasteiger partial charge in [0.05, 0.1) is 18.2 Å². The Hall–Kier alpha value is -2.61. The van der Waals surface area contributed by atoms with E-state index in [2.05, 4.69) is 11.1 Å². The molecule has 1 aromatic carbocycles. The lowest BCUT2D eigenvalue weighted by Crippen LogP contribution is -2.26. The van der Waals surface area contributed by atoms with E-state index < -0.39 is 0 Å². The van der Waals surface area contributed by atoms with Gasteiger partial charge >= 0.3 is 0 Å². The summed E-state index contributed by atoms with van der Waals surface area (Å²) >= 11 is 0.